The molecule has 0 fully saturated rings. The molecule has 5 aromatic rings. The Morgan fingerprint density at radius 2 is 1.80 bits per heavy atom. The van der Waals surface area contributed by atoms with Gasteiger partial charge in [0.05, 0.1) is 10.9 Å². The minimum Gasteiger partial charge on any atom is -0.310 e. The Morgan fingerprint density at radius 1 is 1.02 bits per heavy atom. The molecule has 0 aliphatic carbocycles. The Hall–Kier alpha value is -3.83. The third-order valence-corrected chi connectivity index (χ3v) is 8.67. The average Bonchev–Trinajstić information content (AvgIpc) is 3.42. The zero-order valence-electron chi connectivity index (χ0n) is 22.3. The van der Waals surface area contributed by atoms with E-state index in [1.807, 2.05) is 36.4 Å². The number of unbranched alkanes of at least 4 members (excludes halogenated alkanes) is 5. The maximum absolute atomic E-state index is 13.4. The SMILES string of the molecule is CCCCCCCCn1c(=N)c(C(=O)Nc2nnc(SCc3ccccc3)s2)cc2c(=O)n3ccccc3nc21. The summed E-state index contributed by atoms with van der Waals surface area (Å²) in [6.07, 6.45) is 8.16. The van der Waals surface area contributed by atoms with E-state index in [0.29, 0.717) is 28.4 Å². The van der Waals surface area contributed by atoms with Gasteiger partial charge in [0.2, 0.25) is 5.13 Å². The minimum atomic E-state index is -0.503. The largest absolute Gasteiger partial charge is 0.310 e. The molecule has 5 rings (SSSR count). The predicted molar refractivity (Wildman–Crippen MR) is 160 cm³/mol. The molecule has 0 unspecified atom stereocenters. The Kier molecular flexibility index (Phi) is 9.02. The molecular formula is C29H31N7O2S2. The molecule has 0 saturated carbocycles. The van der Waals surface area contributed by atoms with E-state index in [9.17, 15) is 9.59 Å². The number of anilines is 1. The summed E-state index contributed by atoms with van der Waals surface area (Å²) in [5.74, 6) is 0.241. The van der Waals surface area contributed by atoms with Gasteiger partial charge in [-0.15, -0.1) is 10.2 Å². The average molecular weight is 574 g/mol. The Labute approximate surface area is 239 Å². The van der Waals surface area contributed by atoms with Crippen molar-refractivity contribution in [3.8, 4) is 0 Å². The lowest BCUT2D eigenvalue weighted by atomic mass is 10.1. The predicted octanol–water partition coefficient (Wildman–Crippen LogP) is 5.89. The second-order valence-corrected chi connectivity index (χ2v) is 11.7. The standard InChI is InChI=1S/C29H31N7O2S2/c1-2-3-4-5-6-11-17-36-24(30)21(18-22-25(36)31-23-15-10-12-16-35(23)27(22)38)26(37)32-28-33-34-29(40-28)39-19-20-13-8-7-9-14-20/h7-10,12-16,18,30H,2-6,11,17,19H2,1H3,(H,32,33,37). The number of thioether (sulfide) groups is 1. The Bertz CT molecular complexity index is 1740. The van der Waals surface area contributed by atoms with Gasteiger partial charge < -0.3 is 4.57 Å². The number of carbonyl (C=O) groups is 1. The molecule has 0 radical (unpaired) electrons. The molecule has 0 spiro atoms. The summed E-state index contributed by atoms with van der Waals surface area (Å²) in [7, 11) is 0. The summed E-state index contributed by atoms with van der Waals surface area (Å²) < 4.78 is 3.89. The number of nitrogens with one attached hydrogen (secondary N) is 2. The number of carbonyl (C=O) groups excluding carboxylic acids is 1. The summed E-state index contributed by atoms with van der Waals surface area (Å²) in [6, 6.07) is 16.9. The van der Waals surface area contributed by atoms with Gasteiger partial charge in [-0.1, -0.05) is 98.5 Å². The third-order valence-electron chi connectivity index (χ3n) is 6.63. The number of aromatic nitrogens is 5. The smallest absolute Gasteiger partial charge is 0.267 e. The highest BCUT2D eigenvalue weighted by Gasteiger charge is 2.19. The normalized spacial score (nSPS) is 11.3. The van der Waals surface area contributed by atoms with Crippen molar-refractivity contribution < 1.29 is 4.79 Å². The topological polar surface area (TPSA) is 118 Å². The molecule has 40 heavy (non-hydrogen) atoms. The maximum atomic E-state index is 13.4. The number of aryl methyl sites for hydroxylation is 1. The van der Waals surface area contributed by atoms with Crippen LogP contribution in [0.2, 0.25) is 0 Å². The van der Waals surface area contributed by atoms with Gasteiger partial charge in [0.15, 0.2) is 4.34 Å². The summed E-state index contributed by atoms with van der Waals surface area (Å²) in [4.78, 5) is 31.5. The second kappa shape index (κ2) is 13.0. The number of hydrogen-bond acceptors (Lipinski definition) is 8. The molecule has 206 valence electrons. The van der Waals surface area contributed by atoms with Gasteiger partial charge in [-0.05, 0) is 30.2 Å². The van der Waals surface area contributed by atoms with Crippen LogP contribution in [0.1, 0.15) is 61.4 Å². The Morgan fingerprint density at radius 3 is 2.62 bits per heavy atom. The second-order valence-electron chi connectivity index (χ2n) is 9.51. The van der Waals surface area contributed by atoms with Crippen LogP contribution in [0.4, 0.5) is 5.13 Å². The summed E-state index contributed by atoms with van der Waals surface area (Å²) in [5.41, 5.74) is 1.94. The van der Waals surface area contributed by atoms with E-state index >= 15 is 0 Å². The van der Waals surface area contributed by atoms with E-state index in [1.165, 1.54) is 46.6 Å². The fourth-order valence-corrected chi connectivity index (χ4v) is 6.23. The van der Waals surface area contributed by atoms with Crippen molar-refractivity contribution in [1.82, 2.24) is 24.1 Å². The van der Waals surface area contributed by atoms with Gasteiger partial charge in [0.25, 0.3) is 11.5 Å². The lowest BCUT2D eigenvalue weighted by molar-refractivity contribution is 0.102. The highest BCUT2D eigenvalue weighted by molar-refractivity contribution is 8.00. The number of pyridine rings is 2. The number of fused-ring (bicyclic) bond motifs is 2. The van der Waals surface area contributed by atoms with Crippen molar-refractivity contribution in [2.45, 2.75) is 62.1 Å². The third kappa shape index (κ3) is 6.31. The van der Waals surface area contributed by atoms with Crippen LogP contribution in [0.25, 0.3) is 16.7 Å². The zero-order chi connectivity index (χ0) is 27.9. The van der Waals surface area contributed by atoms with E-state index < -0.39 is 5.91 Å². The van der Waals surface area contributed by atoms with E-state index in [4.69, 9.17) is 10.4 Å². The lowest BCUT2D eigenvalue weighted by Gasteiger charge is -2.14. The van der Waals surface area contributed by atoms with Crippen molar-refractivity contribution in [2.75, 3.05) is 5.32 Å². The molecule has 0 aliphatic heterocycles. The van der Waals surface area contributed by atoms with Gasteiger partial charge in [-0.25, -0.2) is 4.98 Å². The van der Waals surface area contributed by atoms with Crippen molar-refractivity contribution >= 4 is 50.8 Å². The van der Waals surface area contributed by atoms with Gasteiger partial charge >= 0.3 is 0 Å². The fraction of sp³-hybridized carbons (Fsp3) is 0.310. The summed E-state index contributed by atoms with van der Waals surface area (Å²) in [6.45, 7) is 2.68. The molecule has 2 N–H and O–H groups in total. The molecule has 4 aromatic heterocycles. The van der Waals surface area contributed by atoms with Crippen LogP contribution in [0.5, 0.6) is 0 Å². The minimum absolute atomic E-state index is 0.0222. The van der Waals surface area contributed by atoms with Gasteiger partial charge in [0, 0.05) is 18.5 Å². The van der Waals surface area contributed by atoms with Crippen LogP contribution in [-0.2, 0) is 12.3 Å². The molecule has 0 saturated heterocycles. The van der Waals surface area contributed by atoms with Gasteiger partial charge in [0.1, 0.15) is 16.8 Å². The molecule has 0 aliphatic rings. The first-order valence-corrected chi connectivity index (χ1v) is 15.3. The van der Waals surface area contributed by atoms with Crippen LogP contribution in [0.15, 0.2) is 69.9 Å². The highest BCUT2D eigenvalue weighted by Crippen LogP contribution is 2.28. The maximum Gasteiger partial charge on any atom is 0.267 e. The van der Waals surface area contributed by atoms with Crippen LogP contribution in [0.3, 0.4) is 0 Å². The van der Waals surface area contributed by atoms with Gasteiger partial charge in [-0.3, -0.25) is 24.7 Å². The summed E-state index contributed by atoms with van der Waals surface area (Å²) in [5, 5.41) is 20.7. The van der Waals surface area contributed by atoms with Crippen LogP contribution in [0, 0.1) is 5.41 Å². The van der Waals surface area contributed by atoms with Crippen LogP contribution < -0.4 is 16.4 Å². The highest BCUT2D eigenvalue weighted by atomic mass is 32.2. The van der Waals surface area contributed by atoms with E-state index in [0.717, 1.165) is 29.4 Å². The van der Waals surface area contributed by atoms with Crippen LogP contribution >= 0.6 is 23.1 Å². The molecule has 1 aromatic carbocycles. The first-order valence-electron chi connectivity index (χ1n) is 13.5. The molecule has 1 amide bonds. The number of benzene rings is 1. The van der Waals surface area contributed by atoms with E-state index in [1.54, 1.807) is 34.7 Å². The molecular weight excluding hydrogens is 543 g/mol. The quantitative estimate of drug-likeness (QED) is 0.0832. The fourth-order valence-electron chi connectivity index (χ4n) is 4.53. The molecule has 0 atom stereocenters. The van der Waals surface area contributed by atoms with Crippen molar-refractivity contribution in [2.24, 2.45) is 0 Å². The van der Waals surface area contributed by atoms with E-state index in [2.05, 4.69) is 22.4 Å². The Balaban J connectivity index is 1.42. The monoisotopic (exact) mass is 573 g/mol. The van der Waals surface area contributed by atoms with Crippen molar-refractivity contribution in [3.63, 3.8) is 0 Å². The number of rotatable bonds is 12. The first kappa shape index (κ1) is 27.7. The lowest BCUT2D eigenvalue weighted by Crippen LogP contribution is -2.32. The zero-order valence-corrected chi connectivity index (χ0v) is 23.9. The van der Waals surface area contributed by atoms with E-state index in [-0.39, 0.29) is 16.6 Å². The van der Waals surface area contributed by atoms with Crippen molar-refractivity contribution in [3.05, 3.63) is 87.8 Å². The van der Waals surface area contributed by atoms with Gasteiger partial charge in [-0.2, -0.15) is 0 Å². The van der Waals surface area contributed by atoms with Crippen molar-refractivity contribution in [1.29, 1.82) is 5.41 Å². The molecule has 0 bridgehead atoms. The number of nitrogens with zero attached hydrogens (tertiary/aromatic N) is 5. The summed E-state index contributed by atoms with van der Waals surface area (Å²) >= 11 is 2.82. The first-order chi connectivity index (χ1) is 19.5. The number of hydrogen-bond donors (Lipinski definition) is 2. The molecule has 9 nitrogen and oxygen atoms in total. The number of amides is 1. The molecule has 11 heteroatoms. The molecule has 4 heterocycles. The van der Waals surface area contributed by atoms with Crippen LogP contribution in [-0.4, -0.2) is 30.1 Å².